The first-order chi connectivity index (χ1) is 15.5. The molecule has 0 saturated carbocycles. The highest BCUT2D eigenvalue weighted by Gasteiger charge is 2.62. The number of urea groups is 1. The average molecular weight is 435 g/mol. The topological polar surface area (TPSA) is 114 Å². The highest BCUT2D eigenvalue weighted by molar-refractivity contribution is 6.06. The third-order valence-electron chi connectivity index (χ3n) is 6.76. The molecule has 0 radical (unpaired) electrons. The van der Waals surface area contributed by atoms with Gasteiger partial charge in [-0.2, -0.15) is 0 Å². The molecule has 2 N–H and O–H groups in total. The van der Waals surface area contributed by atoms with Gasteiger partial charge in [0.05, 0.1) is 24.5 Å². The zero-order chi connectivity index (χ0) is 22.5. The molecule has 0 aliphatic carbocycles. The lowest BCUT2D eigenvalue weighted by molar-refractivity contribution is -0.122. The number of aromatic nitrogens is 4. The number of anilines is 1. The lowest BCUT2D eigenvalue weighted by Gasteiger charge is -2.37. The van der Waals surface area contributed by atoms with Crippen molar-refractivity contribution < 1.29 is 14.3 Å². The van der Waals surface area contributed by atoms with Gasteiger partial charge in [-0.3, -0.25) is 9.36 Å². The van der Waals surface area contributed by atoms with Gasteiger partial charge in [0.25, 0.3) is 5.91 Å². The van der Waals surface area contributed by atoms with Crippen LogP contribution in [0.5, 0.6) is 0 Å². The average Bonchev–Trinajstić information content (AvgIpc) is 3.47. The van der Waals surface area contributed by atoms with Gasteiger partial charge in [0.2, 0.25) is 0 Å². The Bertz CT molecular complexity index is 1180. The van der Waals surface area contributed by atoms with E-state index in [9.17, 15) is 9.59 Å². The van der Waals surface area contributed by atoms with E-state index in [0.717, 1.165) is 6.42 Å². The molecule has 32 heavy (non-hydrogen) atoms. The molecule has 1 aromatic carbocycles. The van der Waals surface area contributed by atoms with Crippen molar-refractivity contribution in [1.82, 2.24) is 29.7 Å². The van der Waals surface area contributed by atoms with E-state index in [1.165, 1.54) is 6.33 Å². The predicted octanol–water partition coefficient (Wildman–Crippen LogP) is 2.42. The van der Waals surface area contributed by atoms with Crippen molar-refractivity contribution in [2.45, 2.75) is 38.1 Å². The van der Waals surface area contributed by atoms with E-state index >= 15 is 0 Å². The zero-order valence-corrected chi connectivity index (χ0v) is 18.1. The Morgan fingerprint density at radius 1 is 1.22 bits per heavy atom. The van der Waals surface area contributed by atoms with Gasteiger partial charge in [-0.1, -0.05) is 32.0 Å². The van der Waals surface area contributed by atoms with Crippen LogP contribution in [0.1, 0.15) is 36.9 Å². The molecule has 4 heterocycles. The highest BCUT2D eigenvalue weighted by Crippen LogP contribution is 2.52. The lowest BCUT2D eigenvalue weighted by Crippen LogP contribution is -2.50. The van der Waals surface area contributed by atoms with Gasteiger partial charge in [-0.25, -0.2) is 19.7 Å². The second-order valence-corrected chi connectivity index (χ2v) is 8.26. The summed E-state index contributed by atoms with van der Waals surface area (Å²) < 4.78 is 8.37. The lowest BCUT2D eigenvalue weighted by atomic mass is 9.88. The molecule has 2 aliphatic rings. The molecule has 4 atom stereocenters. The van der Waals surface area contributed by atoms with Crippen LogP contribution in [0.3, 0.4) is 0 Å². The van der Waals surface area contributed by atoms with Crippen molar-refractivity contribution in [1.29, 1.82) is 0 Å². The van der Waals surface area contributed by atoms with Crippen molar-refractivity contribution in [3.05, 3.63) is 48.5 Å². The number of likely N-dealkylation sites (tertiary alicyclic amines) is 1. The van der Waals surface area contributed by atoms with Crippen LogP contribution >= 0.6 is 0 Å². The molecule has 2 bridgehead atoms. The van der Waals surface area contributed by atoms with E-state index in [1.807, 2.05) is 15.5 Å². The molecule has 0 spiro atoms. The van der Waals surface area contributed by atoms with Crippen molar-refractivity contribution in [2.75, 3.05) is 18.9 Å². The van der Waals surface area contributed by atoms with E-state index in [0.29, 0.717) is 29.1 Å². The quantitative estimate of drug-likeness (QED) is 0.651. The third kappa shape index (κ3) is 2.94. The van der Waals surface area contributed by atoms with Crippen molar-refractivity contribution in [2.24, 2.45) is 5.92 Å². The van der Waals surface area contributed by atoms with E-state index in [-0.39, 0.29) is 23.9 Å². The Morgan fingerprint density at radius 2 is 2.00 bits per heavy atom. The minimum Gasteiger partial charge on any atom is -0.347 e. The SMILES string of the molecule is CC[C@@]12CN(C(=O)NC)[C@@H]([C@H](n3cnc4c(NC(=O)c5ccccc5)ncnc43)O1)[C@@H]2C. The van der Waals surface area contributed by atoms with Gasteiger partial charge in [0.15, 0.2) is 23.2 Å². The van der Waals surface area contributed by atoms with Crippen molar-refractivity contribution in [3.63, 3.8) is 0 Å². The van der Waals surface area contributed by atoms with Gasteiger partial charge in [0, 0.05) is 18.5 Å². The first kappa shape index (κ1) is 20.4. The summed E-state index contributed by atoms with van der Waals surface area (Å²) in [6.07, 6.45) is 3.38. The van der Waals surface area contributed by atoms with Gasteiger partial charge in [-0.15, -0.1) is 0 Å². The summed E-state index contributed by atoms with van der Waals surface area (Å²) in [6.45, 7) is 4.75. The highest BCUT2D eigenvalue weighted by atomic mass is 16.5. The summed E-state index contributed by atoms with van der Waals surface area (Å²) in [4.78, 5) is 40.1. The van der Waals surface area contributed by atoms with Gasteiger partial charge in [-0.05, 0) is 18.6 Å². The summed E-state index contributed by atoms with van der Waals surface area (Å²) >= 11 is 0. The molecular formula is C22H25N7O3. The maximum Gasteiger partial charge on any atom is 0.317 e. The molecular weight excluding hydrogens is 410 g/mol. The normalized spacial score (nSPS) is 26.5. The first-order valence-corrected chi connectivity index (χ1v) is 10.7. The molecule has 3 aromatic rings. The number of amides is 3. The molecule has 10 heteroatoms. The van der Waals surface area contributed by atoms with Crippen LogP contribution in [0, 0.1) is 5.92 Å². The zero-order valence-electron chi connectivity index (χ0n) is 18.1. The number of fused-ring (bicyclic) bond motifs is 3. The number of carbonyl (C=O) groups excluding carboxylic acids is 2. The van der Waals surface area contributed by atoms with Crippen LogP contribution in [0.15, 0.2) is 43.0 Å². The fourth-order valence-corrected chi connectivity index (χ4v) is 4.96. The summed E-state index contributed by atoms with van der Waals surface area (Å²) in [5.41, 5.74) is 1.11. The number of carbonyl (C=O) groups is 2. The number of nitrogens with one attached hydrogen (secondary N) is 2. The molecule has 10 nitrogen and oxygen atoms in total. The number of imidazole rings is 1. The monoisotopic (exact) mass is 435 g/mol. The van der Waals surface area contributed by atoms with Crippen molar-refractivity contribution >= 4 is 28.9 Å². The molecule has 166 valence electrons. The molecule has 2 aliphatic heterocycles. The maximum absolute atomic E-state index is 12.6. The third-order valence-corrected chi connectivity index (χ3v) is 6.76. The van der Waals surface area contributed by atoms with E-state index in [1.54, 1.807) is 37.6 Å². The van der Waals surface area contributed by atoms with Crippen LogP contribution in [-0.4, -0.2) is 61.6 Å². The molecule has 2 saturated heterocycles. The number of hydrogen-bond acceptors (Lipinski definition) is 6. The summed E-state index contributed by atoms with van der Waals surface area (Å²) in [5, 5.41) is 5.56. The van der Waals surface area contributed by atoms with Gasteiger partial charge < -0.3 is 20.3 Å². The predicted molar refractivity (Wildman–Crippen MR) is 117 cm³/mol. The van der Waals surface area contributed by atoms with Crippen molar-refractivity contribution in [3.8, 4) is 0 Å². The molecule has 5 rings (SSSR count). The summed E-state index contributed by atoms with van der Waals surface area (Å²) in [6, 6.07) is 8.62. The number of benzene rings is 1. The number of ether oxygens (including phenoxy) is 1. The van der Waals surface area contributed by atoms with Crippen LogP contribution in [0.25, 0.3) is 11.2 Å². The summed E-state index contributed by atoms with van der Waals surface area (Å²) in [5.74, 6) is 0.194. The maximum atomic E-state index is 12.6. The second kappa shape index (κ2) is 7.56. The molecule has 3 amide bonds. The molecule has 2 fully saturated rings. The Balaban J connectivity index is 1.50. The largest absolute Gasteiger partial charge is 0.347 e. The number of morpholine rings is 1. The number of rotatable bonds is 4. The summed E-state index contributed by atoms with van der Waals surface area (Å²) in [7, 11) is 1.63. The Kier molecular flexibility index (Phi) is 4.81. The Morgan fingerprint density at radius 3 is 2.69 bits per heavy atom. The number of hydrogen-bond donors (Lipinski definition) is 2. The standard InChI is InChI=1S/C22H25N7O3/c1-4-22-10-28(21(31)23-3)16(13(22)2)20(32-22)29-12-26-15-17(24-11-25-18(15)29)27-19(30)14-8-6-5-7-9-14/h5-9,11-13,16,20H,4,10H2,1-3H3,(H,23,31)(H,24,25,27,30)/t13-,16+,20+,22-/m0/s1. The van der Waals surface area contributed by atoms with E-state index in [4.69, 9.17) is 4.74 Å². The Hall–Kier alpha value is -3.53. The van der Waals surface area contributed by atoms with Crippen LogP contribution in [-0.2, 0) is 4.74 Å². The number of nitrogens with zero attached hydrogens (tertiary/aromatic N) is 5. The van der Waals surface area contributed by atoms with E-state index < -0.39 is 11.8 Å². The Labute approximate surface area is 185 Å². The molecule has 0 unspecified atom stereocenters. The fourth-order valence-electron chi connectivity index (χ4n) is 4.96. The van der Waals surface area contributed by atoms with Gasteiger partial charge >= 0.3 is 6.03 Å². The van der Waals surface area contributed by atoms with Crippen LogP contribution in [0.4, 0.5) is 10.6 Å². The van der Waals surface area contributed by atoms with Gasteiger partial charge in [0.1, 0.15) is 6.33 Å². The van der Waals surface area contributed by atoms with Crippen LogP contribution < -0.4 is 10.6 Å². The second-order valence-electron chi connectivity index (χ2n) is 8.26. The first-order valence-electron chi connectivity index (χ1n) is 10.7. The van der Waals surface area contributed by atoms with E-state index in [2.05, 4.69) is 39.4 Å². The smallest absolute Gasteiger partial charge is 0.317 e. The molecule has 2 aromatic heterocycles. The minimum absolute atomic E-state index is 0.125. The fraction of sp³-hybridized carbons (Fsp3) is 0.409. The minimum atomic E-state index is -0.437. The van der Waals surface area contributed by atoms with Crippen LogP contribution in [0.2, 0.25) is 0 Å².